The summed E-state index contributed by atoms with van der Waals surface area (Å²) in [5.41, 5.74) is 0. The molecular formula is C15H16N6OS. The molecule has 0 saturated carbocycles. The monoisotopic (exact) mass is 328 g/mol. The van der Waals surface area contributed by atoms with E-state index in [-0.39, 0.29) is 0 Å². The van der Waals surface area contributed by atoms with E-state index in [1.165, 1.54) is 0 Å². The van der Waals surface area contributed by atoms with E-state index in [2.05, 4.69) is 41.2 Å². The molecule has 0 aromatic carbocycles. The second-order valence-electron chi connectivity index (χ2n) is 5.23. The number of hydrogen-bond acceptors (Lipinski definition) is 8. The van der Waals surface area contributed by atoms with Crippen molar-refractivity contribution in [2.24, 2.45) is 0 Å². The van der Waals surface area contributed by atoms with Crippen molar-refractivity contribution in [1.82, 2.24) is 19.9 Å². The van der Waals surface area contributed by atoms with Crippen molar-refractivity contribution in [2.75, 3.05) is 43.1 Å². The topological polar surface area (TPSA) is 67.3 Å². The summed E-state index contributed by atoms with van der Waals surface area (Å²) < 4.78 is 5.10. The van der Waals surface area contributed by atoms with Crippen LogP contribution >= 0.6 is 11.3 Å². The molecule has 7 nitrogen and oxygen atoms in total. The van der Waals surface area contributed by atoms with Gasteiger partial charge in [-0.15, -0.1) is 11.3 Å². The van der Waals surface area contributed by atoms with Gasteiger partial charge in [-0.2, -0.15) is 0 Å². The maximum atomic E-state index is 5.10. The average molecular weight is 328 g/mol. The molecule has 4 rings (SSSR count). The maximum Gasteiger partial charge on any atom is 0.225 e. The molecule has 0 radical (unpaired) electrons. The second kappa shape index (κ2) is 5.96. The van der Waals surface area contributed by atoms with E-state index in [0.29, 0.717) is 5.75 Å². The normalized spacial score (nSPS) is 15.2. The zero-order chi connectivity index (χ0) is 15.6. The van der Waals surface area contributed by atoms with Gasteiger partial charge in [-0.1, -0.05) is 0 Å². The van der Waals surface area contributed by atoms with Gasteiger partial charge in [-0.25, -0.2) is 19.9 Å². The van der Waals surface area contributed by atoms with Gasteiger partial charge < -0.3 is 14.5 Å². The Bertz CT molecular complexity index is 797. The maximum absolute atomic E-state index is 5.10. The SMILES string of the molecule is COc1cnc(N2CCN(c3ncnc4sccc34)CC2)nc1. The third-order valence-corrected chi connectivity index (χ3v) is 4.77. The molecule has 0 unspecified atom stereocenters. The Balaban J connectivity index is 1.49. The van der Waals surface area contributed by atoms with Gasteiger partial charge in [0.1, 0.15) is 17.0 Å². The molecule has 1 saturated heterocycles. The van der Waals surface area contributed by atoms with Gasteiger partial charge >= 0.3 is 0 Å². The molecule has 0 spiro atoms. The molecule has 118 valence electrons. The highest BCUT2D eigenvalue weighted by Gasteiger charge is 2.21. The molecule has 0 amide bonds. The minimum Gasteiger partial charge on any atom is -0.494 e. The van der Waals surface area contributed by atoms with E-state index in [9.17, 15) is 0 Å². The standard InChI is InChI=1S/C15H16N6OS/c1-22-11-8-16-15(17-9-11)21-5-3-20(4-6-21)13-12-2-7-23-14(12)19-10-18-13/h2,7-10H,3-6H2,1H3. The first kappa shape index (κ1) is 14.1. The van der Waals surface area contributed by atoms with Crippen LogP contribution in [0.25, 0.3) is 10.2 Å². The van der Waals surface area contributed by atoms with E-state index in [4.69, 9.17) is 4.74 Å². The second-order valence-corrected chi connectivity index (χ2v) is 6.13. The van der Waals surface area contributed by atoms with Crippen LogP contribution in [0.4, 0.5) is 11.8 Å². The van der Waals surface area contributed by atoms with Crippen LogP contribution in [0.2, 0.25) is 0 Å². The third-order valence-electron chi connectivity index (χ3n) is 3.95. The highest BCUT2D eigenvalue weighted by Crippen LogP contribution is 2.27. The average Bonchev–Trinajstić information content (AvgIpc) is 3.11. The van der Waals surface area contributed by atoms with Gasteiger partial charge in [-0.3, -0.25) is 0 Å². The number of anilines is 2. The fourth-order valence-corrected chi connectivity index (χ4v) is 3.45. The van der Waals surface area contributed by atoms with Gasteiger partial charge in [0.2, 0.25) is 5.95 Å². The van der Waals surface area contributed by atoms with Crippen molar-refractivity contribution in [3.05, 3.63) is 30.2 Å². The number of ether oxygens (including phenoxy) is 1. The predicted octanol–water partition coefficient (Wildman–Crippen LogP) is 1.82. The molecule has 23 heavy (non-hydrogen) atoms. The van der Waals surface area contributed by atoms with Gasteiger partial charge in [0, 0.05) is 26.2 Å². The number of thiophene rings is 1. The Kier molecular flexibility index (Phi) is 3.66. The highest BCUT2D eigenvalue weighted by molar-refractivity contribution is 7.16. The minimum absolute atomic E-state index is 0.674. The molecule has 4 heterocycles. The first-order chi connectivity index (χ1) is 11.3. The lowest BCUT2D eigenvalue weighted by molar-refractivity contribution is 0.410. The Morgan fingerprint density at radius 2 is 1.74 bits per heavy atom. The molecule has 8 heteroatoms. The molecular weight excluding hydrogens is 312 g/mol. The highest BCUT2D eigenvalue weighted by atomic mass is 32.1. The fourth-order valence-electron chi connectivity index (χ4n) is 2.73. The lowest BCUT2D eigenvalue weighted by Crippen LogP contribution is -2.47. The van der Waals surface area contributed by atoms with Crippen molar-refractivity contribution in [2.45, 2.75) is 0 Å². The van der Waals surface area contributed by atoms with Crippen LogP contribution in [0.15, 0.2) is 30.2 Å². The number of piperazine rings is 1. The smallest absolute Gasteiger partial charge is 0.225 e. The van der Waals surface area contributed by atoms with Crippen molar-refractivity contribution in [3.63, 3.8) is 0 Å². The van der Waals surface area contributed by atoms with E-state index in [1.54, 1.807) is 37.2 Å². The van der Waals surface area contributed by atoms with Gasteiger partial charge in [0.15, 0.2) is 5.75 Å². The summed E-state index contributed by atoms with van der Waals surface area (Å²) in [6.07, 6.45) is 5.05. The number of nitrogens with zero attached hydrogens (tertiary/aromatic N) is 6. The van der Waals surface area contributed by atoms with Crippen LogP contribution < -0.4 is 14.5 Å². The third kappa shape index (κ3) is 2.65. The molecule has 1 aliphatic rings. The fraction of sp³-hybridized carbons (Fsp3) is 0.333. The largest absolute Gasteiger partial charge is 0.494 e. The van der Waals surface area contributed by atoms with E-state index in [0.717, 1.165) is 48.2 Å². The Labute approximate surface area is 137 Å². The lowest BCUT2D eigenvalue weighted by atomic mass is 10.3. The molecule has 0 atom stereocenters. The van der Waals surface area contributed by atoms with E-state index >= 15 is 0 Å². The van der Waals surface area contributed by atoms with Crippen LogP contribution in [0.3, 0.4) is 0 Å². The van der Waals surface area contributed by atoms with Crippen molar-refractivity contribution in [3.8, 4) is 5.75 Å². The van der Waals surface area contributed by atoms with Crippen LogP contribution in [-0.4, -0.2) is 53.2 Å². The van der Waals surface area contributed by atoms with Crippen LogP contribution in [0.5, 0.6) is 5.75 Å². The summed E-state index contributed by atoms with van der Waals surface area (Å²) in [6, 6.07) is 2.09. The van der Waals surface area contributed by atoms with Crippen molar-refractivity contribution >= 4 is 33.3 Å². The van der Waals surface area contributed by atoms with Crippen molar-refractivity contribution < 1.29 is 4.74 Å². The number of aromatic nitrogens is 4. The number of rotatable bonds is 3. The first-order valence-corrected chi connectivity index (χ1v) is 8.27. The number of fused-ring (bicyclic) bond motifs is 1. The first-order valence-electron chi connectivity index (χ1n) is 7.39. The summed E-state index contributed by atoms with van der Waals surface area (Å²) in [5, 5.41) is 3.19. The zero-order valence-electron chi connectivity index (χ0n) is 12.7. The van der Waals surface area contributed by atoms with Gasteiger partial charge in [0.05, 0.1) is 24.9 Å². The Hall–Kier alpha value is -2.48. The number of hydrogen-bond donors (Lipinski definition) is 0. The Morgan fingerprint density at radius 1 is 1.00 bits per heavy atom. The summed E-state index contributed by atoms with van der Waals surface area (Å²) in [4.78, 5) is 23.0. The molecule has 3 aromatic heterocycles. The molecule has 0 N–H and O–H groups in total. The summed E-state index contributed by atoms with van der Waals surface area (Å²) in [6.45, 7) is 3.50. The van der Waals surface area contributed by atoms with Crippen LogP contribution in [-0.2, 0) is 0 Å². The molecule has 1 aliphatic heterocycles. The van der Waals surface area contributed by atoms with Gasteiger partial charge in [-0.05, 0) is 11.4 Å². The van der Waals surface area contributed by atoms with E-state index < -0.39 is 0 Å². The molecule has 3 aromatic rings. The van der Waals surface area contributed by atoms with E-state index in [1.807, 2.05) is 0 Å². The number of methoxy groups -OCH3 is 1. The molecule has 1 fully saturated rings. The molecule has 0 bridgehead atoms. The summed E-state index contributed by atoms with van der Waals surface area (Å²) in [7, 11) is 1.62. The minimum atomic E-state index is 0.674. The van der Waals surface area contributed by atoms with Crippen LogP contribution in [0.1, 0.15) is 0 Å². The zero-order valence-corrected chi connectivity index (χ0v) is 13.5. The summed E-state index contributed by atoms with van der Waals surface area (Å²) in [5.74, 6) is 2.44. The lowest BCUT2D eigenvalue weighted by Gasteiger charge is -2.35. The Morgan fingerprint density at radius 3 is 2.48 bits per heavy atom. The van der Waals surface area contributed by atoms with Crippen LogP contribution in [0, 0.1) is 0 Å². The van der Waals surface area contributed by atoms with Crippen molar-refractivity contribution in [1.29, 1.82) is 0 Å². The predicted molar refractivity (Wildman–Crippen MR) is 90.4 cm³/mol. The molecule has 0 aliphatic carbocycles. The quantitative estimate of drug-likeness (QED) is 0.726. The summed E-state index contributed by atoms with van der Waals surface area (Å²) >= 11 is 1.65. The van der Waals surface area contributed by atoms with Gasteiger partial charge in [0.25, 0.3) is 0 Å².